The molecule has 0 fully saturated rings. The Hall–Kier alpha value is -3.03. The van der Waals surface area contributed by atoms with E-state index in [1.807, 2.05) is 6.07 Å². The van der Waals surface area contributed by atoms with Crippen molar-refractivity contribution in [2.75, 3.05) is 5.73 Å². The third kappa shape index (κ3) is 2.64. The number of nitrogens with two attached hydrogens (primary N) is 1. The summed E-state index contributed by atoms with van der Waals surface area (Å²) in [5.41, 5.74) is 4.94. The predicted molar refractivity (Wildman–Crippen MR) is 75.9 cm³/mol. The van der Waals surface area contributed by atoms with Crippen molar-refractivity contribution in [3.8, 4) is 0 Å². The molecule has 1 heterocycles. The van der Waals surface area contributed by atoms with E-state index in [9.17, 15) is 20.2 Å². The molecule has 0 aliphatic carbocycles. The molecule has 2 aromatic rings. The van der Waals surface area contributed by atoms with E-state index < -0.39 is 32.8 Å². The Morgan fingerprint density at radius 3 is 2.29 bits per heavy atom. The van der Waals surface area contributed by atoms with Crippen LogP contribution in [0.2, 0.25) is 0 Å². The molecule has 21 heavy (non-hydrogen) atoms. The molecule has 0 saturated carbocycles. The van der Waals surface area contributed by atoms with Crippen molar-refractivity contribution in [1.82, 2.24) is 4.98 Å². The van der Waals surface area contributed by atoms with Crippen LogP contribution in [0.15, 0.2) is 36.5 Å². The highest BCUT2D eigenvalue weighted by Crippen LogP contribution is 2.38. The molecule has 8 nitrogen and oxygen atoms in total. The molecule has 1 atom stereocenters. The number of aromatic nitrogens is 1. The summed E-state index contributed by atoms with van der Waals surface area (Å²) in [4.78, 5) is 24.4. The lowest BCUT2D eigenvalue weighted by Gasteiger charge is -2.12. The third-order valence-corrected chi connectivity index (χ3v) is 3.19. The monoisotopic (exact) mass is 288 g/mol. The molecule has 0 bridgehead atoms. The Bertz CT molecular complexity index is 703. The van der Waals surface area contributed by atoms with Gasteiger partial charge in [0.05, 0.1) is 9.85 Å². The fourth-order valence-electron chi connectivity index (χ4n) is 2.07. The average Bonchev–Trinajstić information content (AvgIpc) is 2.46. The fourth-order valence-corrected chi connectivity index (χ4v) is 2.07. The van der Waals surface area contributed by atoms with Gasteiger partial charge in [-0.15, -0.1) is 0 Å². The van der Waals surface area contributed by atoms with Gasteiger partial charge in [0, 0.05) is 5.92 Å². The standard InChI is InChI=1S/C13H12N4O4/c1-8(9-5-3-2-4-6-9)12-13(17(20)21)11(14)10(7-15-12)16(18)19/h2-8H,1H3,(H2,14,15). The van der Waals surface area contributed by atoms with Crippen LogP contribution in [-0.2, 0) is 0 Å². The van der Waals surface area contributed by atoms with E-state index in [1.54, 1.807) is 31.2 Å². The maximum atomic E-state index is 11.2. The zero-order chi connectivity index (χ0) is 15.6. The van der Waals surface area contributed by atoms with Crippen LogP contribution in [-0.4, -0.2) is 14.8 Å². The van der Waals surface area contributed by atoms with Crippen molar-refractivity contribution in [3.05, 3.63) is 68.0 Å². The molecule has 0 aliphatic rings. The van der Waals surface area contributed by atoms with Gasteiger partial charge in [0.2, 0.25) is 0 Å². The van der Waals surface area contributed by atoms with Crippen molar-refractivity contribution in [2.45, 2.75) is 12.8 Å². The molecule has 1 unspecified atom stereocenters. The molecular formula is C13H12N4O4. The van der Waals surface area contributed by atoms with Gasteiger partial charge in [0.1, 0.15) is 11.9 Å². The number of hydrogen-bond donors (Lipinski definition) is 1. The average molecular weight is 288 g/mol. The number of hydrogen-bond acceptors (Lipinski definition) is 6. The maximum Gasteiger partial charge on any atom is 0.321 e. The van der Waals surface area contributed by atoms with E-state index in [0.29, 0.717) is 0 Å². The van der Waals surface area contributed by atoms with Gasteiger partial charge in [-0.25, -0.2) is 4.98 Å². The minimum Gasteiger partial charge on any atom is -0.387 e. The Morgan fingerprint density at radius 1 is 1.14 bits per heavy atom. The van der Waals surface area contributed by atoms with Crippen molar-refractivity contribution in [1.29, 1.82) is 0 Å². The number of nitrogens with zero attached hydrogens (tertiary/aromatic N) is 3. The number of benzene rings is 1. The second kappa shape index (κ2) is 5.53. The number of rotatable bonds is 4. The highest BCUT2D eigenvalue weighted by molar-refractivity contribution is 5.72. The molecule has 108 valence electrons. The first-order valence-corrected chi connectivity index (χ1v) is 6.05. The number of nitrogen functional groups attached to an aromatic ring is 1. The van der Waals surface area contributed by atoms with Gasteiger partial charge < -0.3 is 5.73 Å². The molecule has 2 N–H and O–H groups in total. The first-order chi connectivity index (χ1) is 9.93. The highest BCUT2D eigenvalue weighted by Gasteiger charge is 2.31. The lowest BCUT2D eigenvalue weighted by molar-refractivity contribution is -0.393. The fraction of sp³-hybridized carbons (Fsp3) is 0.154. The van der Waals surface area contributed by atoms with Crippen molar-refractivity contribution >= 4 is 17.1 Å². The molecule has 1 aromatic heterocycles. The molecule has 8 heteroatoms. The summed E-state index contributed by atoms with van der Waals surface area (Å²) in [6.45, 7) is 1.73. The normalized spacial score (nSPS) is 11.9. The Balaban J connectivity index is 2.62. The van der Waals surface area contributed by atoms with E-state index in [-0.39, 0.29) is 5.69 Å². The number of pyridine rings is 1. The van der Waals surface area contributed by atoms with Crippen LogP contribution in [0.3, 0.4) is 0 Å². The zero-order valence-electron chi connectivity index (χ0n) is 11.1. The summed E-state index contributed by atoms with van der Waals surface area (Å²) in [7, 11) is 0. The Morgan fingerprint density at radius 2 is 1.76 bits per heavy atom. The first-order valence-electron chi connectivity index (χ1n) is 6.05. The Labute approximate surface area is 119 Å². The quantitative estimate of drug-likeness (QED) is 0.680. The van der Waals surface area contributed by atoms with E-state index in [0.717, 1.165) is 11.8 Å². The molecular weight excluding hydrogens is 276 g/mol. The molecule has 0 radical (unpaired) electrons. The summed E-state index contributed by atoms with van der Waals surface area (Å²) in [6.07, 6.45) is 0.955. The van der Waals surface area contributed by atoms with E-state index >= 15 is 0 Å². The molecule has 0 amide bonds. The van der Waals surface area contributed by atoms with Crippen LogP contribution in [0.5, 0.6) is 0 Å². The number of nitro groups is 2. The summed E-state index contributed by atoms with van der Waals surface area (Å²) in [5.74, 6) is -0.408. The smallest absolute Gasteiger partial charge is 0.321 e. The topological polar surface area (TPSA) is 125 Å². The van der Waals surface area contributed by atoms with Crippen molar-refractivity contribution in [2.24, 2.45) is 0 Å². The first kappa shape index (κ1) is 14.4. The van der Waals surface area contributed by atoms with Gasteiger partial charge in [-0.2, -0.15) is 0 Å². The van der Waals surface area contributed by atoms with Crippen LogP contribution in [0.25, 0.3) is 0 Å². The summed E-state index contributed by atoms with van der Waals surface area (Å²) in [6, 6.07) is 9.02. The van der Waals surface area contributed by atoms with Crippen LogP contribution in [0.1, 0.15) is 24.1 Å². The number of anilines is 1. The SMILES string of the molecule is CC(c1ccccc1)c1ncc([N+](=O)[O-])c(N)c1[N+](=O)[O-]. The zero-order valence-corrected chi connectivity index (χ0v) is 11.1. The summed E-state index contributed by atoms with van der Waals surface area (Å²) in [5, 5.41) is 22.0. The lowest BCUT2D eigenvalue weighted by atomic mass is 9.95. The van der Waals surface area contributed by atoms with Crippen molar-refractivity contribution < 1.29 is 9.85 Å². The van der Waals surface area contributed by atoms with Crippen LogP contribution >= 0.6 is 0 Å². The molecule has 0 aliphatic heterocycles. The minimum atomic E-state index is -0.785. The van der Waals surface area contributed by atoms with Crippen LogP contribution in [0.4, 0.5) is 17.1 Å². The second-order valence-corrected chi connectivity index (χ2v) is 4.44. The summed E-state index contributed by atoms with van der Waals surface area (Å²) >= 11 is 0. The van der Waals surface area contributed by atoms with Gasteiger partial charge in [0.15, 0.2) is 5.69 Å². The molecule has 1 aromatic carbocycles. The highest BCUT2D eigenvalue weighted by atomic mass is 16.6. The largest absolute Gasteiger partial charge is 0.387 e. The van der Waals surface area contributed by atoms with E-state index in [4.69, 9.17) is 5.73 Å². The van der Waals surface area contributed by atoms with Gasteiger partial charge in [-0.3, -0.25) is 20.2 Å². The van der Waals surface area contributed by atoms with Gasteiger partial charge >= 0.3 is 11.4 Å². The second-order valence-electron chi connectivity index (χ2n) is 4.44. The van der Waals surface area contributed by atoms with Crippen LogP contribution < -0.4 is 5.73 Å². The van der Waals surface area contributed by atoms with Gasteiger partial charge in [-0.05, 0) is 5.56 Å². The maximum absolute atomic E-state index is 11.2. The predicted octanol–water partition coefficient (Wildman–Crippen LogP) is 2.63. The molecule has 0 saturated heterocycles. The Kier molecular flexibility index (Phi) is 3.79. The lowest BCUT2D eigenvalue weighted by Crippen LogP contribution is -2.09. The van der Waals surface area contributed by atoms with Gasteiger partial charge in [0.25, 0.3) is 0 Å². The molecule has 0 spiro atoms. The van der Waals surface area contributed by atoms with E-state index in [2.05, 4.69) is 4.98 Å². The van der Waals surface area contributed by atoms with Crippen LogP contribution in [0, 0.1) is 20.2 Å². The summed E-state index contributed by atoms with van der Waals surface area (Å²) < 4.78 is 0. The third-order valence-electron chi connectivity index (χ3n) is 3.19. The minimum absolute atomic E-state index is 0.106. The van der Waals surface area contributed by atoms with Gasteiger partial charge in [-0.1, -0.05) is 37.3 Å². The van der Waals surface area contributed by atoms with Crippen molar-refractivity contribution in [3.63, 3.8) is 0 Å². The molecule has 2 rings (SSSR count). The van der Waals surface area contributed by atoms with E-state index in [1.165, 1.54) is 0 Å².